The molecule has 0 saturated heterocycles. The minimum atomic E-state index is -0.00903. The third kappa shape index (κ3) is 1.84. The van der Waals surface area contributed by atoms with Crippen molar-refractivity contribution in [3.05, 3.63) is 0 Å². The van der Waals surface area contributed by atoms with Gasteiger partial charge >= 0.3 is 0 Å². The van der Waals surface area contributed by atoms with E-state index in [4.69, 9.17) is 0 Å². The summed E-state index contributed by atoms with van der Waals surface area (Å²) in [6, 6.07) is 0. The van der Waals surface area contributed by atoms with Gasteiger partial charge in [-0.3, -0.25) is 0 Å². The predicted molar refractivity (Wildman–Crippen MR) is 59.0 cm³/mol. The highest BCUT2D eigenvalue weighted by Crippen LogP contribution is 2.50. The molecule has 5 atom stereocenters. The summed E-state index contributed by atoms with van der Waals surface area (Å²) >= 11 is 0. The Morgan fingerprint density at radius 1 is 1.29 bits per heavy atom. The molecule has 2 rings (SSSR count). The Bertz CT molecular complexity index is 190. The molecule has 2 aliphatic carbocycles. The number of aliphatic hydroxyl groups is 1. The molecule has 14 heavy (non-hydrogen) atoms. The van der Waals surface area contributed by atoms with E-state index in [0.29, 0.717) is 11.8 Å². The highest BCUT2D eigenvalue weighted by Gasteiger charge is 2.43. The zero-order valence-electron chi connectivity index (χ0n) is 9.58. The SMILES string of the molecule is CCCC(C)C(O)C1CC2CCC1C2. The Morgan fingerprint density at radius 3 is 2.57 bits per heavy atom. The summed E-state index contributed by atoms with van der Waals surface area (Å²) in [5.74, 6) is 3.00. The lowest BCUT2D eigenvalue weighted by Crippen LogP contribution is -2.31. The average Bonchev–Trinajstić information content (AvgIpc) is 2.77. The number of rotatable bonds is 4. The molecule has 0 spiro atoms. The fourth-order valence-corrected chi connectivity index (χ4v) is 3.76. The van der Waals surface area contributed by atoms with Crippen LogP contribution in [-0.4, -0.2) is 11.2 Å². The molecule has 0 heterocycles. The summed E-state index contributed by atoms with van der Waals surface area (Å²) in [5, 5.41) is 10.3. The van der Waals surface area contributed by atoms with Crippen molar-refractivity contribution in [3.63, 3.8) is 0 Å². The van der Waals surface area contributed by atoms with Gasteiger partial charge < -0.3 is 5.11 Å². The molecule has 2 saturated carbocycles. The van der Waals surface area contributed by atoms with Crippen LogP contribution >= 0.6 is 0 Å². The van der Waals surface area contributed by atoms with Crippen molar-refractivity contribution in [1.82, 2.24) is 0 Å². The second-order valence-corrected chi connectivity index (χ2v) is 5.60. The maximum atomic E-state index is 10.3. The first-order chi connectivity index (χ1) is 6.72. The van der Waals surface area contributed by atoms with Crippen molar-refractivity contribution in [1.29, 1.82) is 0 Å². The number of aliphatic hydroxyl groups excluding tert-OH is 1. The van der Waals surface area contributed by atoms with Gasteiger partial charge in [0.15, 0.2) is 0 Å². The van der Waals surface area contributed by atoms with Gasteiger partial charge in [-0.1, -0.05) is 26.7 Å². The van der Waals surface area contributed by atoms with E-state index >= 15 is 0 Å². The van der Waals surface area contributed by atoms with E-state index in [1.54, 1.807) is 0 Å². The third-order valence-corrected chi connectivity index (χ3v) is 4.56. The quantitative estimate of drug-likeness (QED) is 0.732. The van der Waals surface area contributed by atoms with E-state index in [-0.39, 0.29) is 6.10 Å². The lowest BCUT2D eigenvalue weighted by molar-refractivity contribution is 0.0281. The first-order valence-electron chi connectivity index (χ1n) is 6.40. The molecule has 0 radical (unpaired) electrons. The summed E-state index contributed by atoms with van der Waals surface area (Å²) in [5.41, 5.74) is 0. The molecule has 0 aliphatic heterocycles. The van der Waals surface area contributed by atoms with Gasteiger partial charge in [0.05, 0.1) is 6.10 Å². The summed E-state index contributed by atoms with van der Waals surface area (Å²) in [6.45, 7) is 4.43. The topological polar surface area (TPSA) is 20.2 Å². The number of hydrogen-bond donors (Lipinski definition) is 1. The second-order valence-electron chi connectivity index (χ2n) is 5.60. The summed E-state index contributed by atoms with van der Waals surface area (Å²) in [6.07, 6.45) is 7.96. The summed E-state index contributed by atoms with van der Waals surface area (Å²) < 4.78 is 0. The lowest BCUT2D eigenvalue weighted by Gasteiger charge is -2.30. The first-order valence-corrected chi connectivity index (χ1v) is 6.40. The van der Waals surface area contributed by atoms with Crippen LogP contribution in [0.5, 0.6) is 0 Å². The van der Waals surface area contributed by atoms with Crippen molar-refractivity contribution in [2.75, 3.05) is 0 Å². The molecule has 1 heteroatoms. The van der Waals surface area contributed by atoms with Gasteiger partial charge in [0.25, 0.3) is 0 Å². The Kier molecular flexibility index (Phi) is 3.16. The van der Waals surface area contributed by atoms with Crippen molar-refractivity contribution in [2.24, 2.45) is 23.7 Å². The minimum Gasteiger partial charge on any atom is -0.393 e. The van der Waals surface area contributed by atoms with Crippen LogP contribution in [0.25, 0.3) is 0 Å². The smallest absolute Gasteiger partial charge is 0.0596 e. The molecule has 0 aromatic heterocycles. The van der Waals surface area contributed by atoms with Gasteiger partial charge in [0.1, 0.15) is 0 Å². The zero-order chi connectivity index (χ0) is 10.1. The number of hydrogen-bond acceptors (Lipinski definition) is 1. The van der Waals surface area contributed by atoms with Crippen molar-refractivity contribution >= 4 is 0 Å². The molecule has 0 amide bonds. The number of fused-ring (bicyclic) bond motifs is 2. The minimum absolute atomic E-state index is 0.00903. The molecule has 2 fully saturated rings. The Hall–Kier alpha value is -0.0400. The van der Waals surface area contributed by atoms with E-state index in [0.717, 1.165) is 11.8 Å². The first kappa shape index (κ1) is 10.5. The Balaban J connectivity index is 1.89. The summed E-state index contributed by atoms with van der Waals surface area (Å²) in [7, 11) is 0. The molecule has 1 nitrogen and oxygen atoms in total. The second kappa shape index (κ2) is 4.22. The molecule has 0 aromatic rings. The van der Waals surface area contributed by atoms with Gasteiger partial charge in [0, 0.05) is 0 Å². The Morgan fingerprint density at radius 2 is 2.07 bits per heavy atom. The highest BCUT2D eigenvalue weighted by molar-refractivity contribution is 4.93. The molecule has 5 unspecified atom stereocenters. The van der Waals surface area contributed by atoms with Gasteiger partial charge in [-0.2, -0.15) is 0 Å². The summed E-state index contributed by atoms with van der Waals surface area (Å²) in [4.78, 5) is 0. The molecule has 0 aromatic carbocycles. The van der Waals surface area contributed by atoms with Gasteiger partial charge in [-0.05, 0) is 49.4 Å². The largest absolute Gasteiger partial charge is 0.393 e. The Labute approximate surface area is 87.9 Å². The standard InChI is InChI=1S/C13H24O/c1-3-4-9(2)13(14)12-8-10-5-6-11(12)7-10/h9-14H,3-8H2,1-2H3. The molecular weight excluding hydrogens is 172 g/mol. The van der Waals surface area contributed by atoms with E-state index in [1.165, 1.54) is 38.5 Å². The van der Waals surface area contributed by atoms with Crippen LogP contribution in [0.4, 0.5) is 0 Å². The van der Waals surface area contributed by atoms with Gasteiger partial charge in [-0.25, -0.2) is 0 Å². The van der Waals surface area contributed by atoms with Crippen LogP contribution in [0.2, 0.25) is 0 Å². The van der Waals surface area contributed by atoms with Crippen LogP contribution in [-0.2, 0) is 0 Å². The molecule has 1 N–H and O–H groups in total. The average molecular weight is 196 g/mol. The van der Waals surface area contributed by atoms with Gasteiger partial charge in [0.2, 0.25) is 0 Å². The lowest BCUT2D eigenvalue weighted by atomic mass is 9.79. The molecular formula is C13H24O. The molecule has 82 valence electrons. The molecule has 2 bridgehead atoms. The predicted octanol–water partition coefficient (Wildman–Crippen LogP) is 3.22. The maximum Gasteiger partial charge on any atom is 0.0596 e. The van der Waals surface area contributed by atoms with Crippen LogP contribution in [0.3, 0.4) is 0 Å². The van der Waals surface area contributed by atoms with Crippen LogP contribution in [0, 0.1) is 23.7 Å². The zero-order valence-corrected chi connectivity index (χ0v) is 9.58. The van der Waals surface area contributed by atoms with E-state index in [1.807, 2.05) is 0 Å². The van der Waals surface area contributed by atoms with E-state index < -0.39 is 0 Å². The van der Waals surface area contributed by atoms with Crippen molar-refractivity contribution in [3.8, 4) is 0 Å². The fourth-order valence-electron chi connectivity index (χ4n) is 3.76. The van der Waals surface area contributed by atoms with Crippen molar-refractivity contribution < 1.29 is 5.11 Å². The van der Waals surface area contributed by atoms with Gasteiger partial charge in [-0.15, -0.1) is 0 Å². The fraction of sp³-hybridized carbons (Fsp3) is 1.00. The monoisotopic (exact) mass is 196 g/mol. The van der Waals surface area contributed by atoms with E-state index in [2.05, 4.69) is 13.8 Å². The van der Waals surface area contributed by atoms with Crippen LogP contribution in [0.1, 0.15) is 52.4 Å². The normalized spacial score (nSPS) is 40.1. The van der Waals surface area contributed by atoms with Crippen LogP contribution in [0.15, 0.2) is 0 Å². The highest BCUT2D eigenvalue weighted by atomic mass is 16.3. The maximum absolute atomic E-state index is 10.3. The van der Waals surface area contributed by atoms with E-state index in [9.17, 15) is 5.11 Å². The third-order valence-electron chi connectivity index (χ3n) is 4.56. The van der Waals surface area contributed by atoms with Crippen molar-refractivity contribution in [2.45, 2.75) is 58.5 Å². The molecule has 2 aliphatic rings. The van der Waals surface area contributed by atoms with Crippen LogP contribution < -0.4 is 0 Å².